The van der Waals surface area contributed by atoms with Crippen LogP contribution in [0.2, 0.25) is 0 Å². The molecule has 0 heterocycles. The second-order valence-corrected chi connectivity index (χ2v) is 11.0. The lowest BCUT2D eigenvalue weighted by molar-refractivity contribution is 0.0652. The van der Waals surface area contributed by atoms with Gasteiger partial charge >= 0.3 is 11.9 Å². The van der Waals surface area contributed by atoms with E-state index in [0.717, 1.165) is 38.9 Å². The third-order valence-electron chi connectivity index (χ3n) is 6.33. The van der Waals surface area contributed by atoms with Crippen molar-refractivity contribution in [1.82, 2.24) is 0 Å². The Balaban J connectivity index is 2.67. The predicted molar refractivity (Wildman–Crippen MR) is 138 cm³/mol. The second kappa shape index (κ2) is 8.75. The molecule has 0 fully saturated rings. The minimum Gasteiger partial charge on any atom is -0.478 e. The van der Waals surface area contributed by atoms with Crippen molar-refractivity contribution < 1.29 is 19.8 Å². The van der Waals surface area contributed by atoms with Gasteiger partial charge in [0.2, 0.25) is 0 Å². The van der Waals surface area contributed by atoms with Gasteiger partial charge in [0.15, 0.2) is 0 Å². The van der Waals surface area contributed by atoms with E-state index in [1.54, 1.807) is 6.07 Å². The van der Waals surface area contributed by atoms with Gasteiger partial charge in [-0.1, -0.05) is 84.0 Å². The van der Waals surface area contributed by atoms with E-state index in [2.05, 4.69) is 47.6 Å². The van der Waals surface area contributed by atoms with Crippen LogP contribution in [0.3, 0.4) is 0 Å². The van der Waals surface area contributed by atoms with Crippen molar-refractivity contribution >= 4 is 11.9 Å². The monoisotopic (exact) mass is 458 g/mol. The van der Waals surface area contributed by atoms with Crippen LogP contribution in [0.15, 0.2) is 48.5 Å². The highest BCUT2D eigenvalue weighted by atomic mass is 16.4. The van der Waals surface area contributed by atoms with E-state index in [1.807, 2.05) is 44.2 Å². The molecule has 4 heteroatoms. The largest absolute Gasteiger partial charge is 0.478 e. The fourth-order valence-electron chi connectivity index (χ4n) is 4.75. The average molecular weight is 459 g/mol. The predicted octanol–water partition coefficient (Wildman–Crippen LogP) is 7.63. The molecule has 0 spiro atoms. The quantitative estimate of drug-likeness (QED) is 0.421. The Morgan fingerprint density at radius 3 is 1.53 bits per heavy atom. The molecule has 0 saturated carbocycles. The molecule has 0 bridgehead atoms. The van der Waals surface area contributed by atoms with Crippen LogP contribution < -0.4 is 0 Å². The van der Waals surface area contributed by atoms with Crippen molar-refractivity contribution in [3.63, 3.8) is 0 Å². The molecule has 0 aliphatic heterocycles. The van der Waals surface area contributed by atoms with Crippen molar-refractivity contribution in [3.8, 4) is 22.3 Å². The van der Waals surface area contributed by atoms with E-state index in [0.29, 0.717) is 5.56 Å². The van der Waals surface area contributed by atoms with Gasteiger partial charge in [-0.2, -0.15) is 0 Å². The fraction of sp³-hybridized carbons (Fsp3) is 0.333. The number of benzene rings is 3. The molecule has 0 aromatic heterocycles. The van der Waals surface area contributed by atoms with Crippen LogP contribution in [0.25, 0.3) is 22.3 Å². The summed E-state index contributed by atoms with van der Waals surface area (Å²) in [6, 6.07) is 15.2. The molecule has 2 N–H and O–H groups in total. The number of carboxylic acid groups (broad SMARTS) is 2. The van der Waals surface area contributed by atoms with Crippen LogP contribution in [-0.4, -0.2) is 22.2 Å². The van der Waals surface area contributed by atoms with Crippen molar-refractivity contribution in [3.05, 3.63) is 81.9 Å². The number of hydrogen-bond acceptors (Lipinski definition) is 2. The van der Waals surface area contributed by atoms with Crippen molar-refractivity contribution in [2.75, 3.05) is 0 Å². The first-order valence-corrected chi connectivity index (χ1v) is 11.5. The average Bonchev–Trinajstić information content (AvgIpc) is 2.71. The molecule has 0 unspecified atom stereocenters. The number of hydrogen-bond donors (Lipinski definition) is 2. The van der Waals surface area contributed by atoms with Gasteiger partial charge in [-0.05, 0) is 69.7 Å². The SMILES string of the molecule is Cc1cccc(C(C)(C)C)c1-c1ccc(C(=O)O)c(C(=O)O)c1-c1c(C)cccc1C(C)(C)C. The maximum absolute atomic E-state index is 12.7. The normalized spacial score (nSPS) is 12.0. The van der Waals surface area contributed by atoms with Gasteiger partial charge in [0.25, 0.3) is 0 Å². The summed E-state index contributed by atoms with van der Waals surface area (Å²) in [5.74, 6) is -2.50. The van der Waals surface area contributed by atoms with Crippen LogP contribution >= 0.6 is 0 Å². The van der Waals surface area contributed by atoms with E-state index >= 15 is 0 Å². The zero-order valence-corrected chi connectivity index (χ0v) is 21.3. The van der Waals surface area contributed by atoms with E-state index in [1.165, 1.54) is 6.07 Å². The number of rotatable bonds is 4. The molecule has 3 aromatic carbocycles. The van der Waals surface area contributed by atoms with E-state index < -0.39 is 11.9 Å². The van der Waals surface area contributed by atoms with Crippen molar-refractivity contribution in [2.24, 2.45) is 0 Å². The van der Waals surface area contributed by atoms with E-state index in [9.17, 15) is 19.8 Å². The molecular formula is C30H34O4. The van der Waals surface area contributed by atoms with Crippen LogP contribution in [-0.2, 0) is 10.8 Å². The third-order valence-corrected chi connectivity index (χ3v) is 6.33. The Labute approximate surface area is 202 Å². The lowest BCUT2D eigenvalue weighted by Crippen LogP contribution is -2.18. The zero-order valence-electron chi connectivity index (χ0n) is 21.3. The number of aryl methyl sites for hydroxylation is 2. The molecule has 3 aromatic rings. The Hall–Kier alpha value is -3.40. The van der Waals surface area contributed by atoms with Gasteiger partial charge < -0.3 is 10.2 Å². The topological polar surface area (TPSA) is 74.6 Å². The van der Waals surface area contributed by atoms with Crippen LogP contribution in [0.1, 0.15) is 84.5 Å². The Morgan fingerprint density at radius 1 is 0.618 bits per heavy atom. The molecule has 0 aliphatic rings. The van der Waals surface area contributed by atoms with Gasteiger partial charge in [-0.3, -0.25) is 0 Å². The lowest BCUT2D eigenvalue weighted by Gasteiger charge is -2.29. The van der Waals surface area contributed by atoms with Gasteiger partial charge in [-0.15, -0.1) is 0 Å². The van der Waals surface area contributed by atoms with Gasteiger partial charge in [-0.25, -0.2) is 9.59 Å². The second-order valence-electron chi connectivity index (χ2n) is 11.0. The molecule has 3 rings (SSSR count). The highest BCUT2D eigenvalue weighted by Gasteiger charge is 2.31. The minimum atomic E-state index is -1.25. The van der Waals surface area contributed by atoms with E-state index in [-0.39, 0.29) is 22.0 Å². The number of carboxylic acids is 2. The number of carbonyl (C=O) groups is 2. The summed E-state index contributed by atoms with van der Waals surface area (Å²) < 4.78 is 0. The van der Waals surface area contributed by atoms with Crippen LogP contribution in [0.5, 0.6) is 0 Å². The summed E-state index contributed by atoms with van der Waals surface area (Å²) >= 11 is 0. The van der Waals surface area contributed by atoms with Gasteiger partial charge in [0.05, 0.1) is 11.1 Å². The third kappa shape index (κ3) is 4.50. The minimum absolute atomic E-state index is 0.173. The molecule has 0 amide bonds. The molecule has 0 saturated heterocycles. The molecule has 178 valence electrons. The molecule has 0 radical (unpaired) electrons. The standard InChI is InChI=1S/C30H34O4/c1-17-11-9-13-21(29(3,4)5)23(17)19-15-16-20(27(31)32)26(28(33)34)25(19)24-18(2)12-10-14-22(24)30(6,7)8/h9-16H,1-8H3,(H,31,32)(H,33,34). The summed E-state index contributed by atoms with van der Waals surface area (Å²) in [6.45, 7) is 16.6. The smallest absolute Gasteiger partial charge is 0.337 e. The van der Waals surface area contributed by atoms with Crippen molar-refractivity contribution in [2.45, 2.75) is 66.2 Å². The summed E-state index contributed by atoms with van der Waals surface area (Å²) in [6.07, 6.45) is 0. The molecular weight excluding hydrogens is 424 g/mol. The molecule has 4 nitrogen and oxygen atoms in total. The first kappa shape index (κ1) is 25.2. The molecule has 0 aliphatic carbocycles. The first-order valence-electron chi connectivity index (χ1n) is 11.5. The molecule has 34 heavy (non-hydrogen) atoms. The summed E-state index contributed by atoms with van der Waals surface area (Å²) in [4.78, 5) is 24.8. The fourth-order valence-corrected chi connectivity index (χ4v) is 4.75. The highest BCUT2D eigenvalue weighted by molar-refractivity contribution is 6.10. The Bertz CT molecular complexity index is 1280. The van der Waals surface area contributed by atoms with Crippen molar-refractivity contribution in [1.29, 1.82) is 0 Å². The van der Waals surface area contributed by atoms with Crippen LogP contribution in [0, 0.1) is 13.8 Å². The van der Waals surface area contributed by atoms with E-state index in [4.69, 9.17) is 0 Å². The maximum Gasteiger partial charge on any atom is 0.337 e. The summed E-state index contributed by atoms with van der Waals surface area (Å²) in [7, 11) is 0. The summed E-state index contributed by atoms with van der Waals surface area (Å²) in [5, 5.41) is 20.3. The van der Waals surface area contributed by atoms with Crippen LogP contribution in [0.4, 0.5) is 0 Å². The Morgan fingerprint density at radius 2 is 1.09 bits per heavy atom. The highest BCUT2D eigenvalue weighted by Crippen LogP contribution is 2.46. The lowest BCUT2D eigenvalue weighted by atomic mass is 9.74. The zero-order chi connectivity index (χ0) is 25.6. The first-order chi connectivity index (χ1) is 15.7. The molecule has 0 atom stereocenters. The van der Waals surface area contributed by atoms with Gasteiger partial charge in [0, 0.05) is 5.56 Å². The number of aromatic carboxylic acids is 2. The maximum atomic E-state index is 12.7. The van der Waals surface area contributed by atoms with Gasteiger partial charge in [0.1, 0.15) is 0 Å². The Kier molecular flexibility index (Phi) is 6.49. The summed E-state index contributed by atoms with van der Waals surface area (Å²) in [5.41, 5.74) is 6.06.